The van der Waals surface area contributed by atoms with Crippen LogP contribution in [-0.2, 0) is 28.3 Å². The highest BCUT2D eigenvalue weighted by Crippen LogP contribution is 2.53. The number of rotatable bonds is 10. The van der Waals surface area contributed by atoms with Gasteiger partial charge in [0.25, 0.3) is 5.72 Å². The molecule has 2 atom stereocenters. The second kappa shape index (κ2) is 12.0. The highest BCUT2D eigenvalue weighted by atomic mass is 32.1. The number of aliphatic carboxylic acids is 1. The number of fused-ring (bicyclic) bond motifs is 2. The van der Waals surface area contributed by atoms with Crippen LogP contribution < -0.4 is 9.47 Å². The molecule has 6 aromatic rings. The molecule has 0 spiro atoms. The molecule has 1 aliphatic heterocycles. The van der Waals surface area contributed by atoms with Crippen molar-refractivity contribution < 1.29 is 24.2 Å². The van der Waals surface area contributed by atoms with Crippen LogP contribution in [0.2, 0.25) is 0 Å². The molecule has 1 N–H and O–H groups in total. The van der Waals surface area contributed by atoms with Crippen LogP contribution in [0.4, 0.5) is 0 Å². The van der Waals surface area contributed by atoms with E-state index in [-0.39, 0.29) is 11.3 Å². The quantitative estimate of drug-likeness (QED) is 0.147. The summed E-state index contributed by atoms with van der Waals surface area (Å²) < 4.78 is 14.6. The minimum absolute atomic E-state index is 0.0917. The molecule has 1 aliphatic carbocycles. The van der Waals surface area contributed by atoms with Gasteiger partial charge in [-0.1, -0.05) is 48.5 Å². The van der Waals surface area contributed by atoms with Gasteiger partial charge in [-0.15, -0.1) is 27.7 Å². The number of carbonyl (C=O) groups is 1. The van der Waals surface area contributed by atoms with E-state index in [0.29, 0.717) is 13.2 Å². The molecular weight excluding hydrogens is 631 g/mol. The summed E-state index contributed by atoms with van der Waals surface area (Å²) in [5, 5.41) is 13.4. The largest absolute Gasteiger partial charge is 0.486 e. The number of hydrogen-bond acceptors (Lipinski definition) is 9. The first kappa shape index (κ1) is 30.0. The fourth-order valence-corrected chi connectivity index (χ4v) is 8.87. The van der Waals surface area contributed by atoms with Crippen LogP contribution in [0, 0.1) is 5.92 Å². The predicted octanol–water partition coefficient (Wildman–Crippen LogP) is 8.20. The average molecular weight is 664 g/mol. The molecule has 1 saturated carbocycles. The Morgan fingerprint density at radius 3 is 1.64 bits per heavy atom. The van der Waals surface area contributed by atoms with Crippen molar-refractivity contribution in [2.45, 2.75) is 50.0 Å². The number of ether oxygens (including phenoxy) is 2. The summed E-state index contributed by atoms with van der Waals surface area (Å²) in [7, 11) is 1.70. The fraction of sp³-hybridized carbons (Fsp3) is 0.270. The number of carboxylic acids is 1. The van der Waals surface area contributed by atoms with Crippen LogP contribution in [-0.4, -0.2) is 38.9 Å². The molecule has 0 radical (unpaired) electrons. The zero-order valence-corrected chi connectivity index (χ0v) is 27.4. The number of nitrogens with zero attached hydrogens (tertiary/aromatic N) is 3. The third kappa shape index (κ3) is 5.55. The van der Waals surface area contributed by atoms with E-state index in [9.17, 15) is 9.90 Å². The lowest BCUT2D eigenvalue weighted by molar-refractivity contribution is -0.146. The SMILES string of the molecule is CN1OC1(C(=O)O)C1CCC(c2ccc(OCc3nc4ccccc4s3)cc2)(c2ccc(OCc3nc4ccccc4s3)cc2)CC1. The summed E-state index contributed by atoms with van der Waals surface area (Å²) in [6.07, 6.45) is 3.04. The summed E-state index contributed by atoms with van der Waals surface area (Å²) in [5.74, 6) is 0.564. The minimum Gasteiger partial charge on any atom is -0.486 e. The van der Waals surface area contributed by atoms with Crippen molar-refractivity contribution >= 4 is 49.1 Å². The summed E-state index contributed by atoms with van der Waals surface area (Å²) >= 11 is 3.30. The monoisotopic (exact) mass is 663 g/mol. The third-order valence-corrected chi connectivity index (χ3v) is 11.6. The maximum absolute atomic E-state index is 12.2. The van der Waals surface area contributed by atoms with E-state index < -0.39 is 11.7 Å². The predicted molar refractivity (Wildman–Crippen MR) is 183 cm³/mol. The minimum atomic E-state index is -1.22. The van der Waals surface area contributed by atoms with Gasteiger partial charge in [0, 0.05) is 18.4 Å². The van der Waals surface area contributed by atoms with Gasteiger partial charge in [-0.3, -0.25) is 4.84 Å². The molecule has 8 nitrogen and oxygen atoms in total. The summed E-state index contributed by atoms with van der Waals surface area (Å²) in [4.78, 5) is 27.2. The molecule has 3 heterocycles. The van der Waals surface area contributed by atoms with Crippen LogP contribution in [0.1, 0.15) is 46.8 Å². The van der Waals surface area contributed by atoms with E-state index in [2.05, 4.69) is 36.4 Å². The van der Waals surface area contributed by atoms with Crippen molar-refractivity contribution in [2.75, 3.05) is 7.05 Å². The molecule has 2 unspecified atom stereocenters. The first-order valence-corrected chi connectivity index (χ1v) is 17.4. The average Bonchev–Trinajstić information content (AvgIpc) is 3.41. The van der Waals surface area contributed by atoms with Crippen LogP contribution in [0.3, 0.4) is 0 Å². The second-order valence-corrected chi connectivity index (χ2v) is 14.5. The van der Waals surface area contributed by atoms with Gasteiger partial charge in [-0.2, -0.15) is 0 Å². The summed E-state index contributed by atoms with van der Waals surface area (Å²) in [5.41, 5.74) is 2.83. The summed E-state index contributed by atoms with van der Waals surface area (Å²) in [6, 6.07) is 33.0. The number of likely N-dealkylation sites (N-methyl/N-ethyl adjacent to an activating group) is 1. The van der Waals surface area contributed by atoms with Gasteiger partial charge in [0.05, 0.1) is 20.4 Å². The van der Waals surface area contributed by atoms with Gasteiger partial charge in [0.2, 0.25) is 0 Å². The molecule has 238 valence electrons. The Hall–Kier alpha value is -4.35. The van der Waals surface area contributed by atoms with Crippen molar-refractivity contribution in [3.05, 3.63) is 118 Å². The zero-order chi connectivity index (χ0) is 32.0. The first-order chi connectivity index (χ1) is 22.9. The van der Waals surface area contributed by atoms with Gasteiger partial charge >= 0.3 is 5.97 Å². The molecule has 4 aromatic carbocycles. The number of aromatic nitrogens is 2. The zero-order valence-electron chi connectivity index (χ0n) is 25.8. The normalized spacial score (nSPS) is 20.7. The van der Waals surface area contributed by atoms with Crippen molar-refractivity contribution in [1.29, 1.82) is 0 Å². The molecule has 2 fully saturated rings. The van der Waals surface area contributed by atoms with Gasteiger partial charge in [0.15, 0.2) is 0 Å². The van der Waals surface area contributed by atoms with E-state index >= 15 is 0 Å². The number of hydroxylamine groups is 2. The van der Waals surface area contributed by atoms with E-state index in [1.807, 2.05) is 60.7 Å². The Kier molecular flexibility index (Phi) is 7.68. The molecule has 10 heteroatoms. The molecule has 0 amide bonds. The molecule has 2 aromatic heterocycles. The highest BCUT2D eigenvalue weighted by molar-refractivity contribution is 7.18. The number of benzene rings is 4. The lowest BCUT2D eigenvalue weighted by Gasteiger charge is -2.42. The molecule has 8 rings (SSSR count). The number of carboxylic acid groups (broad SMARTS) is 1. The third-order valence-electron chi connectivity index (χ3n) is 9.63. The lowest BCUT2D eigenvalue weighted by Crippen LogP contribution is -2.42. The van der Waals surface area contributed by atoms with Gasteiger partial charge in [-0.25, -0.2) is 14.8 Å². The van der Waals surface area contributed by atoms with E-state index in [0.717, 1.165) is 67.6 Å². The second-order valence-electron chi connectivity index (χ2n) is 12.2. The number of thiazole rings is 2. The van der Waals surface area contributed by atoms with E-state index in [1.165, 1.54) is 16.2 Å². The number of hydrogen-bond donors (Lipinski definition) is 1. The lowest BCUT2D eigenvalue weighted by atomic mass is 9.62. The smallest absolute Gasteiger partial charge is 0.356 e. The van der Waals surface area contributed by atoms with Crippen LogP contribution in [0.5, 0.6) is 11.5 Å². The van der Waals surface area contributed by atoms with E-state index in [1.54, 1.807) is 29.7 Å². The Morgan fingerprint density at radius 1 is 0.787 bits per heavy atom. The van der Waals surface area contributed by atoms with Gasteiger partial charge < -0.3 is 14.6 Å². The van der Waals surface area contributed by atoms with Gasteiger partial charge in [-0.05, 0) is 85.3 Å². The van der Waals surface area contributed by atoms with Crippen LogP contribution >= 0.6 is 22.7 Å². The molecule has 0 bridgehead atoms. The topological polar surface area (TPSA) is 97.1 Å². The highest BCUT2D eigenvalue weighted by Gasteiger charge is 2.66. The van der Waals surface area contributed by atoms with E-state index in [4.69, 9.17) is 24.3 Å². The molecule has 1 saturated heterocycles. The Morgan fingerprint density at radius 2 is 1.23 bits per heavy atom. The van der Waals surface area contributed by atoms with Gasteiger partial charge in [0.1, 0.15) is 34.7 Å². The maximum Gasteiger partial charge on any atom is 0.356 e. The van der Waals surface area contributed by atoms with Crippen molar-refractivity contribution in [3.63, 3.8) is 0 Å². The Labute approximate surface area is 280 Å². The van der Waals surface area contributed by atoms with Crippen LogP contribution in [0.15, 0.2) is 97.1 Å². The Bertz CT molecular complexity index is 1860. The van der Waals surface area contributed by atoms with Crippen molar-refractivity contribution in [2.24, 2.45) is 5.92 Å². The first-order valence-electron chi connectivity index (χ1n) is 15.7. The van der Waals surface area contributed by atoms with Crippen LogP contribution in [0.25, 0.3) is 20.4 Å². The van der Waals surface area contributed by atoms with Crippen molar-refractivity contribution in [3.8, 4) is 11.5 Å². The van der Waals surface area contributed by atoms with Crippen molar-refractivity contribution in [1.82, 2.24) is 15.0 Å². The molecular formula is C37H33N3O5S2. The summed E-state index contributed by atoms with van der Waals surface area (Å²) in [6.45, 7) is 0.823. The Balaban J connectivity index is 1.02. The standard InChI is InChI=1S/C37H33N3O5S2/c1-40-37(45-40,35(41)42)26-18-20-36(21-19-26,24-10-14-27(15-11-24)43-22-33-38-29-6-2-4-8-31(29)46-33)25-12-16-28(17-13-25)44-23-34-39-30-7-3-5-9-32(30)47-34/h2-17,26H,18-23H2,1H3,(H,41,42). The molecule has 2 aliphatic rings. The maximum atomic E-state index is 12.2. The molecule has 47 heavy (non-hydrogen) atoms. The fourth-order valence-electron chi connectivity index (χ4n) is 7.11. The number of para-hydroxylation sites is 2.